The highest BCUT2D eigenvalue weighted by molar-refractivity contribution is 5.28. The molecule has 11 heavy (non-hydrogen) atoms. The average Bonchev–Trinajstić information content (AvgIpc) is 2.04. The Balaban J connectivity index is 3.32. The van der Waals surface area contributed by atoms with Crippen LogP contribution in [0, 0.1) is 11.3 Å². The Morgan fingerprint density at radius 1 is 1.55 bits per heavy atom. The summed E-state index contributed by atoms with van der Waals surface area (Å²) < 4.78 is 0. The van der Waals surface area contributed by atoms with Gasteiger partial charge in [0.15, 0.2) is 0 Å². The van der Waals surface area contributed by atoms with Gasteiger partial charge in [-0.25, -0.2) is 0 Å². The minimum Gasteiger partial charge on any atom is -0.192 e. The highest BCUT2D eigenvalue weighted by Crippen LogP contribution is 2.00. The largest absolute Gasteiger partial charge is 0.192 e. The number of unbranched alkanes of at least 4 members (excludes halogenated alkanes) is 3. The molecule has 0 spiro atoms. The van der Waals surface area contributed by atoms with Crippen molar-refractivity contribution in [2.24, 2.45) is 0 Å². The van der Waals surface area contributed by atoms with Gasteiger partial charge < -0.3 is 0 Å². The number of hydrogen-bond donors (Lipinski definition) is 0. The maximum atomic E-state index is 8.34. The van der Waals surface area contributed by atoms with E-state index in [1.165, 1.54) is 19.3 Å². The molecule has 0 rings (SSSR count). The highest BCUT2D eigenvalue weighted by Gasteiger charge is 1.82. The Morgan fingerprint density at radius 2 is 2.27 bits per heavy atom. The second-order valence-corrected chi connectivity index (χ2v) is 2.54. The Morgan fingerprint density at radius 3 is 2.82 bits per heavy atom. The number of rotatable bonds is 5. The van der Waals surface area contributed by atoms with Crippen LogP contribution in [-0.2, 0) is 0 Å². The van der Waals surface area contributed by atoms with Gasteiger partial charge in [0.05, 0.1) is 6.07 Å². The molecule has 0 N–H and O–H groups in total. The summed E-state index contributed by atoms with van der Waals surface area (Å²) in [5, 5.41) is 8.34. The number of nitriles is 1. The molecule has 0 aliphatic rings. The first-order chi connectivity index (χ1) is 5.31. The Kier molecular flexibility index (Phi) is 6.42. The number of allylic oxidation sites excluding steroid dienone is 3. The molecule has 60 valence electrons. The molecule has 0 unspecified atom stereocenters. The smallest absolute Gasteiger partial charge is 0.0985 e. The van der Waals surface area contributed by atoms with Crippen LogP contribution in [-0.4, -0.2) is 0 Å². The first kappa shape index (κ1) is 9.97. The van der Waals surface area contributed by atoms with Crippen LogP contribution >= 0.6 is 0 Å². The zero-order valence-electron chi connectivity index (χ0n) is 7.14. The predicted octanol–water partition coefficient (Wildman–Crippen LogP) is 3.20. The fourth-order valence-electron chi connectivity index (χ4n) is 0.775. The molecule has 0 aromatic carbocycles. The molecule has 0 aliphatic carbocycles. The number of hydrogen-bond acceptors (Lipinski definition) is 1. The molecule has 0 amide bonds. The summed E-state index contributed by atoms with van der Waals surface area (Å²) in [6.07, 6.45) is 8.59. The summed E-state index contributed by atoms with van der Waals surface area (Å²) in [7, 11) is 0. The molecule has 0 heterocycles. The third kappa shape index (κ3) is 6.86. The molecule has 0 aromatic heterocycles. The molecule has 0 saturated heterocycles. The van der Waals surface area contributed by atoms with E-state index in [2.05, 4.69) is 13.5 Å². The van der Waals surface area contributed by atoms with E-state index in [-0.39, 0.29) is 0 Å². The van der Waals surface area contributed by atoms with E-state index in [0.29, 0.717) is 5.57 Å². The van der Waals surface area contributed by atoms with Crippen LogP contribution in [0.2, 0.25) is 0 Å². The normalized spacial score (nSPS) is 9.82. The lowest BCUT2D eigenvalue weighted by Crippen LogP contribution is -1.71. The van der Waals surface area contributed by atoms with Gasteiger partial charge in [-0.3, -0.25) is 0 Å². The molecule has 0 bridgehead atoms. The molecule has 0 radical (unpaired) electrons. The van der Waals surface area contributed by atoms with Crippen molar-refractivity contribution in [2.75, 3.05) is 0 Å². The second-order valence-electron chi connectivity index (χ2n) is 2.54. The van der Waals surface area contributed by atoms with E-state index in [0.717, 1.165) is 6.42 Å². The van der Waals surface area contributed by atoms with Crippen LogP contribution in [0.25, 0.3) is 0 Å². The molecule has 0 aromatic rings. The first-order valence-electron chi connectivity index (χ1n) is 4.06. The molecule has 1 nitrogen and oxygen atoms in total. The van der Waals surface area contributed by atoms with Gasteiger partial charge in [0.2, 0.25) is 0 Å². The summed E-state index contributed by atoms with van der Waals surface area (Å²) in [6.45, 7) is 5.72. The van der Waals surface area contributed by atoms with Gasteiger partial charge in [0.1, 0.15) is 0 Å². The third-order valence-corrected chi connectivity index (χ3v) is 1.44. The van der Waals surface area contributed by atoms with E-state index in [9.17, 15) is 0 Å². The van der Waals surface area contributed by atoms with Crippen LogP contribution in [0.15, 0.2) is 24.3 Å². The van der Waals surface area contributed by atoms with Gasteiger partial charge in [0.25, 0.3) is 0 Å². The molecule has 0 fully saturated rings. The third-order valence-electron chi connectivity index (χ3n) is 1.44. The van der Waals surface area contributed by atoms with E-state index in [4.69, 9.17) is 5.26 Å². The van der Waals surface area contributed by atoms with Crippen LogP contribution in [0.4, 0.5) is 0 Å². The lowest BCUT2D eigenvalue weighted by Gasteiger charge is -1.90. The molecule has 0 aliphatic heterocycles. The van der Waals surface area contributed by atoms with Crippen molar-refractivity contribution in [1.82, 2.24) is 0 Å². The lowest BCUT2D eigenvalue weighted by atomic mass is 10.2. The molecular weight excluding hydrogens is 134 g/mol. The van der Waals surface area contributed by atoms with Gasteiger partial charge in [-0.15, -0.1) is 0 Å². The van der Waals surface area contributed by atoms with Crippen molar-refractivity contribution in [2.45, 2.75) is 32.6 Å². The topological polar surface area (TPSA) is 23.8 Å². The van der Waals surface area contributed by atoms with Crippen molar-refractivity contribution in [1.29, 1.82) is 5.26 Å². The van der Waals surface area contributed by atoms with E-state index in [1.807, 2.05) is 12.1 Å². The van der Waals surface area contributed by atoms with Crippen molar-refractivity contribution < 1.29 is 0 Å². The maximum Gasteiger partial charge on any atom is 0.0985 e. The van der Waals surface area contributed by atoms with Crippen molar-refractivity contribution in [3.63, 3.8) is 0 Å². The summed E-state index contributed by atoms with van der Waals surface area (Å²) in [4.78, 5) is 0. The molecule has 0 saturated carbocycles. The molecular formula is C10H15N. The summed E-state index contributed by atoms with van der Waals surface area (Å²) in [6, 6.07) is 1.97. The van der Waals surface area contributed by atoms with Crippen LogP contribution in [0.5, 0.6) is 0 Å². The minimum atomic E-state index is 0.543. The SMILES string of the molecule is C=C(C#N)C=CCCCCC. The zero-order chi connectivity index (χ0) is 8.53. The molecule has 1 heteroatoms. The highest BCUT2D eigenvalue weighted by atomic mass is 14.2. The fourth-order valence-corrected chi connectivity index (χ4v) is 0.775. The van der Waals surface area contributed by atoms with E-state index >= 15 is 0 Å². The summed E-state index contributed by atoms with van der Waals surface area (Å²) in [5.41, 5.74) is 0.543. The lowest BCUT2D eigenvalue weighted by molar-refractivity contribution is 0.729. The van der Waals surface area contributed by atoms with Crippen LogP contribution in [0.3, 0.4) is 0 Å². The number of nitrogens with zero attached hydrogens (tertiary/aromatic N) is 1. The average molecular weight is 149 g/mol. The van der Waals surface area contributed by atoms with Crippen molar-refractivity contribution >= 4 is 0 Å². The second kappa shape index (κ2) is 7.08. The predicted molar refractivity (Wildman–Crippen MR) is 48.0 cm³/mol. The Hall–Kier alpha value is -1.03. The van der Waals surface area contributed by atoms with Crippen LogP contribution in [0.1, 0.15) is 32.6 Å². The van der Waals surface area contributed by atoms with Crippen molar-refractivity contribution in [3.05, 3.63) is 24.3 Å². The van der Waals surface area contributed by atoms with Crippen molar-refractivity contribution in [3.8, 4) is 6.07 Å². The van der Waals surface area contributed by atoms with E-state index < -0.39 is 0 Å². The Bertz CT molecular complexity index is 172. The Labute approximate surface area is 69.0 Å². The first-order valence-corrected chi connectivity index (χ1v) is 4.06. The van der Waals surface area contributed by atoms with Gasteiger partial charge in [-0.05, 0) is 18.9 Å². The van der Waals surface area contributed by atoms with Gasteiger partial charge in [0, 0.05) is 5.57 Å². The van der Waals surface area contributed by atoms with E-state index in [1.54, 1.807) is 6.08 Å². The van der Waals surface area contributed by atoms with Gasteiger partial charge in [-0.1, -0.05) is 32.4 Å². The molecule has 0 atom stereocenters. The minimum absolute atomic E-state index is 0.543. The standard InChI is InChI=1S/C10H15N/c1-3-4-5-6-7-8-10(2)9-11/h7-8H,2-6H2,1H3. The van der Waals surface area contributed by atoms with Crippen LogP contribution < -0.4 is 0 Å². The summed E-state index contributed by atoms with van der Waals surface area (Å²) >= 11 is 0. The zero-order valence-corrected chi connectivity index (χ0v) is 7.14. The monoisotopic (exact) mass is 149 g/mol. The van der Waals surface area contributed by atoms with Gasteiger partial charge in [-0.2, -0.15) is 5.26 Å². The maximum absolute atomic E-state index is 8.34. The summed E-state index contributed by atoms with van der Waals surface area (Å²) in [5.74, 6) is 0. The van der Waals surface area contributed by atoms with Gasteiger partial charge >= 0.3 is 0 Å². The quantitative estimate of drug-likeness (QED) is 0.334. The fraction of sp³-hybridized carbons (Fsp3) is 0.500.